The fourth-order valence-corrected chi connectivity index (χ4v) is 1.88. The van der Waals surface area contributed by atoms with Crippen LogP contribution in [0.5, 0.6) is 0 Å². The third-order valence-electron chi connectivity index (χ3n) is 2.70. The first-order valence-corrected chi connectivity index (χ1v) is 5.61. The molecule has 0 aliphatic heterocycles. The summed E-state index contributed by atoms with van der Waals surface area (Å²) in [5.41, 5.74) is 2.38. The summed E-state index contributed by atoms with van der Waals surface area (Å²) < 4.78 is 5.36. The Morgan fingerprint density at radius 2 is 1.80 bits per heavy atom. The van der Waals surface area contributed by atoms with E-state index in [4.69, 9.17) is 10.6 Å². The van der Waals surface area contributed by atoms with E-state index in [9.17, 15) is 4.79 Å². The number of hydrazine groups is 1. The van der Waals surface area contributed by atoms with E-state index in [0.29, 0.717) is 6.04 Å². The molecule has 0 aromatic rings. The zero-order valence-corrected chi connectivity index (χ0v) is 9.88. The van der Waals surface area contributed by atoms with Crippen molar-refractivity contribution in [1.82, 2.24) is 5.43 Å². The van der Waals surface area contributed by atoms with Crippen LogP contribution in [0.3, 0.4) is 0 Å². The van der Waals surface area contributed by atoms with Crippen LogP contribution in [0.1, 0.15) is 46.5 Å². The Labute approximate surface area is 91.5 Å². The molecule has 0 bridgehead atoms. The van der Waals surface area contributed by atoms with Crippen LogP contribution in [0.2, 0.25) is 0 Å². The third kappa shape index (κ3) is 4.18. The number of hydrogen-bond donors (Lipinski definition) is 2. The maximum Gasteiger partial charge on any atom is 0.309 e. The predicted octanol–water partition coefficient (Wildman–Crippen LogP) is 1.35. The molecule has 88 valence electrons. The molecule has 0 aromatic heterocycles. The van der Waals surface area contributed by atoms with Gasteiger partial charge in [0.15, 0.2) is 0 Å². The molecular formula is C11H22N2O2. The Balaban J connectivity index is 2.37. The van der Waals surface area contributed by atoms with Crippen molar-refractivity contribution in [2.24, 2.45) is 11.8 Å². The lowest BCUT2D eigenvalue weighted by Gasteiger charge is -2.29. The van der Waals surface area contributed by atoms with Crippen LogP contribution in [0.4, 0.5) is 0 Å². The Bertz CT molecular complexity index is 215. The SMILES string of the molecule is CC(C)(C)OC(=O)C1CCC(NN)CC1. The van der Waals surface area contributed by atoms with Crippen molar-refractivity contribution in [2.45, 2.75) is 58.1 Å². The summed E-state index contributed by atoms with van der Waals surface area (Å²) in [7, 11) is 0. The molecule has 0 spiro atoms. The standard InChI is InChI=1S/C11H22N2O2/c1-11(2,3)15-10(14)8-4-6-9(13-12)7-5-8/h8-9,13H,4-7,12H2,1-3H3. The van der Waals surface area contributed by atoms with Crippen LogP contribution in [-0.2, 0) is 9.53 Å². The Hall–Kier alpha value is -0.610. The summed E-state index contributed by atoms with van der Waals surface area (Å²) in [6.45, 7) is 5.70. The topological polar surface area (TPSA) is 64.3 Å². The monoisotopic (exact) mass is 214 g/mol. The van der Waals surface area contributed by atoms with Crippen molar-refractivity contribution in [3.8, 4) is 0 Å². The molecule has 3 N–H and O–H groups in total. The molecule has 1 saturated carbocycles. The zero-order chi connectivity index (χ0) is 11.5. The van der Waals surface area contributed by atoms with Crippen LogP contribution in [0, 0.1) is 5.92 Å². The van der Waals surface area contributed by atoms with Crippen LogP contribution < -0.4 is 11.3 Å². The molecule has 0 saturated heterocycles. The van der Waals surface area contributed by atoms with E-state index in [2.05, 4.69) is 5.43 Å². The van der Waals surface area contributed by atoms with Gasteiger partial charge in [-0.15, -0.1) is 0 Å². The van der Waals surface area contributed by atoms with Gasteiger partial charge in [0.1, 0.15) is 5.60 Å². The Morgan fingerprint density at radius 1 is 1.27 bits per heavy atom. The number of nitrogens with two attached hydrogens (primary N) is 1. The number of carbonyl (C=O) groups excluding carboxylic acids is 1. The maximum absolute atomic E-state index is 11.7. The van der Waals surface area contributed by atoms with Crippen LogP contribution >= 0.6 is 0 Å². The molecule has 1 fully saturated rings. The minimum atomic E-state index is -0.375. The molecule has 15 heavy (non-hydrogen) atoms. The molecule has 1 aliphatic carbocycles. The van der Waals surface area contributed by atoms with Gasteiger partial charge in [-0.25, -0.2) is 0 Å². The van der Waals surface area contributed by atoms with E-state index in [0.717, 1.165) is 25.7 Å². The lowest BCUT2D eigenvalue weighted by molar-refractivity contribution is -0.161. The lowest BCUT2D eigenvalue weighted by atomic mass is 9.86. The number of esters is 1. The number of ether oxygens (including phenoxy) is 1. The summed E-state index contributed by atoms with van der Waals surface area (Å²) >= 11 is 0. The first-order valence-electron chi connectivity index (χ1n) is 5.61. The Kier molecular flexibility index (Phi) is 4.11. The maximum atomic E-state index is 11.7. The van der Waals surface area contributed by atoms with Crippen molar-refractivity contribution >= 4 is 5.97 Å². The quantitative estimate of drug-likeness (QED) is 0.414. The third-order valence-corrected chi connectivity index (χ3v) is 2.70. The summed E-state index contributed by atoms with van der Waals surface area (Å²) in [5.74, 6) is 5.37. The molecule has 0 aromatic carbocycles. The zero-order valence-electron chi connectivity index (χ0n) is 9.88. The van der Waals surface area contributed by atoms with Gasteiger partial charge < -0.3 is 4.74 Å². The van der Waals surface area contributed by atoms with Crippen molar-refractivity contribution in [2.75, 3.05) is 0 Å². The van der Waals surface area contributed by atoms with Gasteiger partial charge in [-0.1, -0.05) is 0 Å². The van der Waals surface area contributed by atoms with Gasteiger partial charge >= 0.3 is 5.97 Å². The van der Waals surface area contributed by atoms with Gasteiger partial charge in [0.25, 0.3) is 0 Å². The first-order chi connectivity index (χ1) is 6.92. The minimum Gasteiger partial charge on any atom is -0.460 e. The molecule has 0 heterocycles. The second-order valence-corrected chi connectivity index (χ2v) is 5.25. The molecule has 4 nitrogen and oxygen atoms in total. The van der Waals surface area contributed by atoms with Crippen LogP contribution in [0.25, 0.3) is 0 Å². The van der Waals surface area contributed by atoms with Gasteiger partial charge in [-0.05, 0) is 46.5 Å². The highest BCUT2D eigenvalue weighted by Crippen LogP contribution is 2.26. The highest BCUT2D eigenvalue weighted by atomic mass is 16.6. The average molecular weight is 214 g/mol. The lowest BCUT2D eigenvalue weighted by Crippen LogP contribution is -2.40. The van der Waals surface area contributed by atoms with Crippen molar-refractivity contribution < 1.29 is 9.53 Å². The van der Waals surface area contributed by atoms with Gasteiger partial charge in [0.05, 0.1) is 5.92 Å². The van der Waals surface area contributed by atoms with E-state index in [1.807, 2.05) is 20.8 Å². The van der Waals surface area contributed by atoms with Crippen molar-refractivity contribution in [3.05, 3.63) is 0 Å². The first kappa shape index (κ1) is 12.5. The normalized spacial score (nSPS) is 27.5. The highest BCUT2D eigenvalue weighted by molar-refractivity contribution is 5.73. The van der Waals surface area contributed by atoms with Crippen LogP contribution in [0.15, 0.2) is 0 Å². The summed E-state index contributed by atoms with van der Waals surface area (Å²) in [6.07, 6.45) is 3.67. The number of nitrogens with one attached hydrogen (secondary N) is 1. The fourth-order valence-electron chi connectivity index (χ4n) is 1.88. The molecule has 0 radical (unpaired) electrons. The summed E-state index contributed by atoms with van der Waals surface area (Å²) in [6, 6.07) is 0.365. The van der Waals surface area contributed by atoms with Crippen LogP contribution in [-0.4, -0.2) is 17.6 Å². The second-order valence-electron chi connectivity index (χ2n) is 5.25. The highest BCUT2D eigenvalue weighted by Gasteiger charge is 2.29. The molecule has 1 aliphatic rings. The molecular weight excluding hydrogens is 192 g/mol. The van der Waals surface area contributed by atoms with Gasteiger partial charge in [-0.3, -0.25) is 16.1 Å². The Morgan fingerprint density at radius 3 is 2.20 bits per heavy atom. The van der Waals surface area contributed by atoms with Gasteiger partial charge in [-0.2, -0.15) is 0 Å². The number of carbonyl (C=O) groups is 1. The second kappa shape index (κ2) is 4.94. The molecule has 0 amide bonds. The summed E-state index contributed by atoms with van der Waals surface area (Å²) in [5, 5.41) is 0. The van der Waals surface area contributed by atoms with E-state index in [1.165, 1.54) is 0 Å². The number of rotatable bonds is 2. The molecule has 4 heteroatoms. The predicted molar refractivity (Wildman–Crippen MR) is 58.9 cm³/mol. The van der Waals surface area contributed by atoms with E-state index in [1.54, 1.807) is 0 Å². The van der Waals surface area contributed by atoms with Crippen molar-refractivity contribution in [3.63, 3.8) is 0 Å². The number of hydrogen-bond acceptors (Lipinski definition) is 4. The molecule has 0 atom stereocenters. The van der Waals surface area contributed by atoms with E-state index < -0.39 is 0 Å². The van der Waals surface area contributed by atoms with E-state index in [-0.39, 0.29) is 17.5 Å². The smallest absolute Gasteiger partial charge is 0.309 e. The van der Waals surface area contributed by atoms with E-state index >= 15 is 0 Å². The summed E-state index contributed by atoms with van der Waals surface area (Å²) in [4.78, 5) is 11.7. The molecule has 1 rings (SSSR count). The fraction of sp³-hybridized carbons (Fsp3) is 0.909. The molecule has 0 unspecified atom stereocenters. The van der Waals surface area contributed by atoms with Gasteiger partial charge in [0, 0.05) is 6.04 Å². The van der Waals surface area contributed by atoms with Gasteiger partial charge in [0.2, 0.25) is 0 Å². The average Bonchev–Trinajstić information content (AvgIpc) is 2.15. The minimum absolute atomic E-state index is 0.0574. The largest absolute Gasteiger partial charge is 0.460 e. The van der Waals surface area contributed by atoms with Crippen molar-refractivity contribution in [1.29, 1.82) is 0 Å².